The molecule has 1 aromatic carbocycles. The van der Waals surface area contributed by atoms with Crippen molar-refractivity contribution in [3.63, 3.8) is 0 Å². The molecule has 0 amide bonds. The van der Waals surface area contributed by atoms with Crippen LogP contribution in [0.4, 0.5) is 0 Å². The lowest BCUT2D eigenvalue weighted by Gasteiger charge is -2.37. The lowest BCUT2D eigenvalue weighted by Crippen LogP contribution is -2.43. The maximum atomic E-state index is 10.7. The Morgan fingerprint density at radius 2 is 2.06 bits per heavy atom. The van der Waals surface area contributed by atoms with Crippen molar-refractivity contribution in [3.8, 4) is 0 Å². The smallest absolute Gasteiger partial charge is 0.0742 e. The summed E-state index contributed by atoms with van der Waals surface area (Å²) in [6, 6.07) is 8.48. The highest BCUT2D eigenvalue weighted by atomic mass is 16.5. The average Bonchev–Trinajstić information content (AvgIpc) is 2.83. The van der Waals surface area contributed by atoms with Crippen LogP contribution < -0.4 is 0 Å². The van der Waals surface area contributed by atoms with Crippen molar-refractivity contribution in [2.45, 2.75) is 31.3 Å². The molecule has 0 bridgehead atoms. The summed E-state index contributed by atoms with van der Waals surface area (Å²) in [5.74, 6) is 0.334. The van der Waals surface area contributed by atoms with Gasteiger partial charge in [-0.1, -0.05) is 24.3 Å². The quantitative estimate of drug-likeness (QED) is 0.780. The predicted molar refractivity (Wildman–Crippen MR) is 62.3 cm³/mol. The van der Waals surface area contributed by atoms with E-state index in [1.807, 2.05) is 0 Å². The molecule has 1 saturated heterocycles. The summed E-state index contributed by atoms with van der Waals surface area (Å²) in [5, 5.41) is 10.7. The van der Waals surface area contributed by atoms with Gasteiger partial charge >= 0.3 is 0 Å². The predicted octanol–water partition coefficient (Wildman–Crippen LogP) is 1.94. The summed E-state index contributed by atoms with van der Waals surface area (Å²) in [5.41, 5.74) is 2.21. The second kappa shape index (κ2) is 3.86. The maximum Gasteiger partial charge on any atom is 0.0742 e. The van der Waals surface area contributed by atoms with Gasteiger partial charge in [-0.05, 0) is 30.4 Å². The van der Waals surface area contributed by atoms with E-state index in [1.165, 1.54) is 11.1 Å². The Labute approximate surface area is 96.2 Å². The highest BCUT2D eigenvalue weighted by Crippen LogP contribution is 2.37. The molecule has 2 unspecified atom stereocenters. The Balaban J connectivity index is 1.85. The molecule has 2 atom stereocenters. The third-order valence-corrected chi connectivity index (χ3v) is 4.13. The van der Waals surface area contributed by atoms with Crippen LogP contribution >= 0.6 is 0 Å². The lowest BCUT2D eigenvalue weighted by atomic mass is 9.73. The molecule has 86 valence electrons. The SMILES string of the molecule is OC1(C2CCOC2)CCc2ccccc2C1. The number of benzene rings is 1. The summed E-state index contributed by atoms with van der Waals surface area (Å²) in [4.78, 5) is 0. The maximum absolute atomic E-state index is 10.7. The van der Waals surface area contributed by atoms with Gasteiger partial charge in [0.25, 0.3) is 0 Å². The van der Waals surface area contributed by atoms with Gasteiger partial charge in [0.05, 0.1) is 12.2 Å². The van der Waals surface area contributed by atoms with Gasteiger partial charge in [0.2, 0.25) is 0 Å². The number of hydrogen-bond donors (Lipinski definition) is 1. The number of fused-ring (bicyclic) bond motifs is 1. The molecule has 0 radical (unpaired) electrons. The van der Waals surface area contributed by atoms with Crippen LogP contribution in [0.2, 0.25) is 0 Å². The van der Waals surface area contributed by atoms with E-state index in [9.17, 15) is 5.11 Å². The van der Waals surface area contributed by atoms with Crippen LogP contribution in [-0.2, 0) is 17.6 Å². The molecule has 2 heteroatoms. The van der Waals surface area contributed by atoms with E-state index < -0.39 is 5.60 Å². The van der Waals surface area contributed by atoms with Crippen molar-refractivity contribution in [1.82, 2.24) is 0 Å². The third-order valence-electron chi connectivity index (χ3n) is 4.13. The van der Waals surface area contributed by atoms with E-state index in [0.717, 1.165) is 38.9 Å². The number of hydrogen-bond acceptors (Lipinski definition) is 2. The van der Waals surface area contributed by atoms with Gasteiger partial charge in [0, 0.05) is 18.9 Å². The van der Waals surface area contributed by atoms with Crippen LogP contribution in [0.15, 0.2) is 24.3 Å². The summed E-state index contributed by atoms with van der Waals surface area (Å²) in [6.07, 6.45) is 3.71. The van der Waals surface area contributed by atoms with Gasteiger partial charge in [0.15, 0.2) is 0 Å². The van der Waals surface area contributed by atoms with Gasteiger partial charge < -0.3 is 9.84 Å². The topological polar surface area (TPSA) is 29.5 Å². The fraction of sp³-hybridized carbons (Fsp3) is 0.571. The fourth-order valence-corrected chi connectivity index (χ4v) is 3.05. The second-order valence-electron chi connectivity index (χ2n) is 5.11. The first-order chi connectivity index (χ1) is 7.78. The summed E-state index contributed by atoms with van der Waals surface area (Å²) in [6.45, 7) is 1.55. The standard InChI is InChI=1S/C14H18O2/c15-14(13-6-8-16-10-13)7-5-11-3-1-2-4-12(11)9-14/h1-4,13,15H,5-10H2. The summed E-state index contributed by atoms with van der Waals surface area (Å²) in [7, 11) is 0. The molecular weight excluding hydrogens is 200 g/mol. The van der Waals surface area contributed by atoms with Crippen LogP contribution in [0.5, 0.6) is 0 Å². The first-order valence-electron chi connectivity index (χ1n) is 6.15. The Morgan fingerprint density at radius 3 is 2.81 bits per heavy atom. The van der Waals surface area contributed by atoms with Gasteiger partial charge in [-0.15, -0.1) is 0 Å². The average molecular weight is 218 g/mol. The van der Waals surface area contributed by atoms with Crippen molar-refractivity contribution < 1.29 is 9.84 Å². The fourth-order valence-electron chi connectivity index (χ4n) is 3.05. The lowest BCUT2D eigenvalue weighted by molar-refractivity contribution is -0.0329. The van der Waals surface area contributed by atoms with Crippen molar-refractivity contribution in [3.05, 3.63) is 35.4 Å². The van der Waals surface area contributed by atoms with Crippen LogP contribution in [0, 0.1) is 5.92 Å². The zero-order valence-electron chi connectivity index (χ0n) is 9.48. The monoisotopic (exact) mass is 218 g/mol. The van der Waals surface area contributed by atoms with E-state index >= 15 is 0 Å². The highest BCUT2D eigenvalue weighted by Gasteiger charge is 2.41. The van der Waals surface area contributed by atoms with E-state index in [2.05, 4.69) is 24.3 Å². The van der Waals surface area contributed by atoms with Crippen molar-refractivity contribution >= 4 is 0 Å². The molecule has 0 aromatic heterocycles. The Bertz CT molecular complexity index is 382. The molecule has 0 spiro atoms. The molecule has 1 heterocycles. The van der Waals surface area contributed by atoms with Crippen molar-refractivity contribution in [2.75, 3.05) is 13.2 Å². The molecule has 1 N–H and O–H groups in total. The molecule has 0 saturated carbocycles. The largest absolute Gasteiger partial charge is 0.389 e. The van der Waals surface area contributed by atoms with Crippen LogP contribution in [0.25, 0.3) is 0 Å². The number of aliphatic hydroxyl groups is 1. The molecule has 1 fully saturated rings. The first-order valence-corrected chi connectivity index (χ1v) is 6.15. The normalized spacial score (nSPS) is 33.7. The molecule has 1 aromatic rings. The van der Waals surface area contributed by atoms with E-state index in [4.69, 9.17) is 4.74 Å². The van der Waals surface area contributed by atoms with Gasteiger partial charge in [-0.3, -0.25) is 0 Å². The Hall–Kier alpha value is -0.860. The highest BCUT2D eigenvalue weighted by molar-refractivity contribution is 5.31. The molecule has 1 aliphatic heterocycles. The number of ether oxygens (including phenoxy) is 1. The molecule has 3 rings (SSSR count). The molecule has 2 aliphatic rings. The summed E-state index contributed by atoms with van der Waals surface area (Å²) >= 11 is 0. The van der Waals surface area contributed by atoms with Crippen LogP contribution in [0.3, 0.4) is 0 Å². The molecular formula is C14H18O2. The van der Waals surface area contributed by atoms with Crippen molar-refractivity contribution in [2.24, 2.45) is 5.92 Å². The van der Waals surface area contributed by atoms with E-state index in [1.54, 1.807) is 0 Å². The number of rotatable bonds is 1. The second-order valence-corrected chi connectivity index (χ2v) is 5.11. The van der Waals surface area contributed by atoms with Gasteiger partial charge in [0.1, 0.15) is 0 Å². The molecule has 16 heavy (non-hydrogen) atoms. The minimum Gasteiger partial charge on any atom is -0.389 e. The molecule has 1 aliphatic carbocycles. The Kier molecular flexibility index (Phi) is 2.49. The first kappa shape index (κ1) is 10.3. The third kappa shape index (κ3) is 1.66. The summed E-state index contributed by atoms with van der Waals surface area (Å²) < 4.78 is 5.40. The van der Waals surface area contributed by atoms with Crippen LogP contribution in [-0.4, -0.2) is 23.9 Å². The molecule has 2 nitrogen and oxygen atoms in total. The Morgan fingerprint density at radius 1 is 1.25 bits per heavy atom. The minimum atomic E-state index is -0.523. The van der Waals surface area contributed by atoms with E-state index in [0.29, 0.717) is 5.92 Å². The zero-order chi connectivity index (χ0) is 11.0. The van der Waals surface area contributed by atoms with Crippen LogP contribution in [0.1, 0.15) is 24.0 Å². The van der Waals surface area contributed by atoms with Crippen molar-refractivity contribution in [1.29, 1.82) is 0 Å². The zero-order valence-corrected chi connectivity index (χ0v) is 9.48. The number of aryl methyl sites for hydroxylation is 1. The van der Waals surface area contributed by atoms with Gasteiger partial charge in [-0.2, -0.15) is 0 Å². The van der Waals surface area contributed by atoms with Gasteiger partial charge in [-0.25, -0.2) is 0 Å². The minimum absolute atomic E-state index is 0.334. The van der Waals surface area contributed by atoms with E-state index in [-0.39, 0.29) is 0 Å².